The zero-order chi connectivity index (χ0) is 14.7. The van der Waals surface area contributed by atoms with E-state index in [9.17, 15) is 9.90 Å². The molecule has 6 heteroatoms. The molecule has 0 radical (unpaired) electrons. The molecule has 0 saturated carbocycles. The molecule has 1 saturated heterocycles. The number of carbonyl (C=O) groups is 1. The summed E-state index contributed by atoms with van der Waals surface area (Å²) in [5.74, 6) is -1.13. The number of aromatic nitrogens is 1. The van der Waals surface area contributed by atoms with E-state index in [4.69, 9.17) is 0 Å². The maximum Gasteiger partial charge on any atom is 0.312 e. The first-order valence-electron chi connectivity index (χ1n) is 7.92. The molecule has 0 aromatic carbocycles. The van der Waals surface area contributed by atoms with Gasteiger partial charge < -0.3 is 15.3 Å². The largest absolute Gasteiger partial charge is 0.481 e. The van der Waals surface area contributed by atoms with Crippen molar-refractivity contribution in [1.29, 1.82) is 0 Å². The first-order valence-corrected chi connectivity index (χ1v) is 8.74. The fourth-order valence-electron chi connectivity index (χ4n) is 3.24. The van der Waals surface area contributed by atoms with Crippen molar-refractivity contribution in [1.82, 2.24) is 9.88 Å². The molecule has 2 heterocycles. The lowest BCUT2D eigenvalue weighted by molar-refractivity contribution is -0.139. The number of rotatable bonds is 6. The average molecular weight is 309 g/mol. The minimum atomic E-state index is -0.734. The number of hydrogen-bond donors (Lipinski definition) is 2. The highest BCUT2D eigenvalue weighted by Crippen LogP contribution is 2.36. The maximum atomic E-state index is 11.3. The Morgan fingerprint density at radius 2 is 2.19 bits per heavy atom. The minimum Gasteiger partial charge on any atom is -0.481 e. The van der Waals surface area contributed by atoms with E-state index in [2.05, 4.69) is 15.2 Å². The summed E-state index contributed by atoms with van der Waals surface area (Å²) in [6.07, 6.45) is 6.45. The molecule has 1 aliphatic carbocycles. The van der Waals surface area contributed by atoms with E-state index in [0.717, 1.165) is 54.5 Å². The molecule has 1 aliphatic heterocycles. The molecule has 21 heavy (non-hydrogen) atoms. The van der Waals surface area contributed by atoms with Crippen LogP contribution in [0.1, 0.15) is 48.6 Å². The summed E-state index contributed by atoms with van der Waals surface area (Å²) >= 11 is 1.64. The number of nitrogens with one attached hydrogen (secondary N) is 1. The molecule has 0 spiro atoms. The predicted molar refractivity (Wildman–Crippen MR) is 84.2 cm³/mol. The molecule has 1 unspecified atom stereocenters. The van der Waals surface area contributed by atoms with Gasteiger partial charge in [0, 0.05) is 11.4 Å². The van der Waals surface area contributed by atoms with Crippen LogP contribution in [0, 0.1) is 0 Å². The van der Waals surface area contributed by atoms with Crippen molar-refractivity contribution in [2.45, 2.75) is 44.4 Å². The molecule has 2 N–H and O–H groups in total. The number of nitrogens with zero attached hydrogens (tertiary/aromatic N) is 2. The summed E-state index contributed by atoms with van der Waals surface area (Å²) in [6.45, 7) is 4.55. The van der Waals surface area contributed by atoms with Crippen LogP contribution in [-0.2, 0) is 11.2 Å². The van der Waals surface area contributed by atoms with Gasteiger partial charge >= 0.3 is 5.97 Å². The average Bonchev–Trinajstić information content (AvgIpc) is 3.11. The molecular formula is C15H23N3O2S. The van der Waals surface area contributed by atoms with Gasteiger partial charge in [0.15, 0.2) is 5.13 Å². The second-order valence-corrected chi connectivity index (χ2v) is 7.02. The Morgan fingerprint density at radius 1 is 1.38 bits per heavy atom. The van der Waals surface area contributed by atoms with Gasteiger partial charge in [-0.05, 0) is 58.2 Å². The van der Waals surface area contributed by atoms with Gasteiger partial charge in [-0.3, -0.25) is 4.79 Å². The van der Waals surface area contributed by atoms with E-state index >= 15 is 0 Å². The summed E-state index contributed by atoms with van der Waals surface area (Å²) in [7, 11) is 0. The number of fused-ring (bicyclic) bond motifs is 1. The molecule has 3 rings (SSSR count). The van der Waals surface area contributed by atoms with Gasteiger partial charge in [0.2, 0.25) is 0 Å². The zero-order valence-electron chi connectivity index (χ0n) is 12.3. The van der Waals surface area contributed by atoms with Gasteiger partial charge in [0.05, 0.1) is 5.69 Å². The van der Waals surface area contributed by atoms with Crippen molar-refractivity contribution < 1.29 is 9.90 Å². The number of carboxylic acid groups (broad SMARTS) is 1. The molecule has 2 aliphatic rings. The van der Waals surface area contributed by atoms with E-state index < -0.39 is 11.9 Å². The lowest BCUT2D eigenvalue weighted by Crippen LogP contribution is -2.22. The van der Waals surface area contributed by atoms with Crippen LogP contribution in [0.15, 0.2) is 0 Å². The highest BCUT2D eigenvalue weighted by atomic mass is 32.1. The summed E-state index contributed by atoms with van der Waals surface area (Å²) in [4.78, 5) is 19.5. The van der Waals surface area contributed by atoms with Crippen molar-refractivity contribution in [3.8, 4) is 0 Å². The van der Waals surface area contributed by atoms with E-state index in [1.807, 2.05) is 0 Å². The molecule has 0 amide bonds. The summed E-state index contributed by atoms with van der Waals surface area (Å²) in [6, 6.07) is 0. The van der Waals surface area contributed by atoms with Gasteiger partial charge in [-0.1, -0.05) is 0 Å². The monoisotopic (exact) mass is 309 g/mol. The third-order valence-electron chi connectivity index (χ3n) is 4.38. The first-order chi connectivity index (χ1) is 10.2. The Balaban J connectivity index is 1.51. The molecule has 0 bridgehead atoms. The van der Waals surface area contributed by atoms with E-state index in [-0.39, 0.29) is 0 Å². The van der Waals surface area contributed by atoms with Gasteiger partial charge in [-0.2, -0.15) is 0 Å². The van der Waals surface area contributed by atoms with E-state index in [0.29, 0.717) is 0 Å². The number of thiazole rings is 1. The van der Waals surface area contributed by atoms with Crippen molar-refractivity contribution in [3.63, 3.8) is 0 Å². The lowest BCUT2D eigenvalue weighted by Gasteiger charge is -2.16. The Morgan fingerprint density at radius 3 is 2.95 bits per heavy atom. The third-order valence-corrected chi connectivity index (χ3v) is 5.47. The number of hydrogen-bond acceptors (Lipinski definition) is 5. The first kappa shape index (κ1) is 14.8. The molecule has 1 aromatic rings. The molecule has 1 atom stereocenters. The van der Waals surface area contributed by atoms with Gasteiger partial charge in [-0.15, -0.1) is 11.3 Å². The Kier molecular flexibility index (Phi) is 4.75. The van der Waals surface area contributed by atoms with E-state index in [1.54, 1.807) is 11.3 Å². The quantitative estimate of drug-likeness (QED) is 0.791. The number of carboxylic acids is 1. The van der Waals surface area contributed by atoms with Gasteiger partial charge in [-0.25, -0.2) is 4.98 Å². The highest BCUT2D eigenvalue weighted by Gasteiger charge is 2.29. The third kappa shape index (κ3) is 3.55. The Bertz CT molecular complexity index is 497. The molecule has 116 valence electrons. The topological polar surface area (TPSA) is 65.5 Å². The van der Waals surface area contributed by atoms with Crippen molar-refractivity contribution in [2.24, 2.45) is 0 Å². The second-order valence-electron chi connectivity index (χ2n) is 5.94. The van der Waals surface area contributed by atoms with Gasteiger partial charge in [0.25, 0.3) is 0 Å². The van der Waals surface area contributed by atoms with Crippen molar-refractivity contribution in [2.75, 3.05) is 31.5 Å². The van der Waals surface area contributed by atoms with Crippen LogP contribution in [0.25, 0.3) is 0 Å². The van der Waals surface area contributed by atoms with Crippen LogP contribution >= 0.6 is 11.3 Å². The fraction of sp³-hybridized carbons (Fsp3) is 0.733. The van der Waals surface area contributed by atoms with Crippen molar-refractivity contribution >= 4 is 22.4 Å². The highest BCUT2D eigenvalue weighted by molar-refractivity contribution is 7.15. The molecular weight excluding hydrogens is 286 g/mol. The SMILES string of the molecule is O=C(O)C1CCCc2sc(NCCCN3CCCC3)nc21. The normalized spacial score (nSPS) is 22.2. The van der Waals surface area contributed by atoms with Crippen LogP contribution in [-0.4, -0.2) is 47.1 Å². The molecule has 1 aromatic heterocycles. The summed E-state index contributed by atoms with van der Waals surface area (Å²) < 4.78 is 0. The van der Waals surface area contributed by atoms with Gasteiger partial charge in [0.1, 0.15) is 5.92 Å². The number of aryl methyl sites for hydroxylation is 1. The Labute approximate surface area is 129 Å². The van der Waals surface area contributed by atoms with Crippen LogP contribution in [0.2, 0.25) is 0 Å². The second kappa shape index (κ2) is 6.75. The minimum absolute atomic E-state index is 0.398. The lowest BCUT2D eigenvalue weighted by atomic mass is 9.91. The predicted octanol–water partition coefficient (Wildman–Crippen LogP) is 2.55. The van der Waals surface area contributed by atoms with Crippen molar-refractivity contribution in [3.05, 3.63) is 10.6 Å². The zero-order valence-corrected chi connectivity index (χ0v) is 13.1. The number of anilines is 1. The van der Waals surface area contributed by atoms with Crippen LogP contribution in [0.4, 0.5) is 5.13 Å². The number of aliphatic carboxylic acids is 1. The molecule has 1 fully saturated rings. The van der Waals surface area contributed by atoms with Crippen LogP contribution in [0.3, 0.4) is 0 Å². The number of likely N-dealkylation sites (tertiary alicyclic amines) is 1. The van der Waals surface area contributed by atoms with Crippen LogP contribution in [0.5, 0.6) is 0 Å². The molecule has 5 nitrogen and oxygen atoms in total. The summed E-state index contributed by atoms with van der Waals surface area (Å²) in [5, 5.41) is 13.5. The maximum absolute atomic E-state index is 11.3. The smallest absolute Gasteiger partial charge is 0.312 e. The summed E-state index contributed by atoms with van der Waals surface area (Å²) in [5.41, 5.74) is 0.806. The fourth-order valence-corrected chi connectivity index (χ4v) is 4.33. The Hall–Kier alpha value is -1.14. The van der Waals surface area contributed by atoms with Crippen LogP contribution < -0.4 is 5.32 Å². The standard InChI is InChI=1S/C15H23N3O2S/c19-14(20)11-5-3-6-12-13(11)17-15(21-12)16-7-4-10-18-8-1-2-9-18/h11H,1-10H2,(H,16,17)(H,19,20). The van der Waals surface area contributed by atoms with E-state index in [1.165, 1.54) is 25.9 Å².